The number of nitrogens with one attached hydrogen (secondary N) is 1. The Balaban J connectivity index is 2.29. The molecule has 17 heavy (non-hydrogen) atoms. The number of rotatable bonds is 3. The Morgan fingerprint density at radius 3 is 2.76 bits per heavy atom. The van der Waals surface area contributed by atoms with Crippen LogP contribution in [0.4, 0.5) is 5.69 Å². The summed E-state index contributed by atoms with van der Waals surface area (Å²) in [5.74, 6) is -0.574. The number of benzene rings is 1. The molecule has 0 bridgehead atoms. The van der Waals surface area contributed by atoms with E-state index in [0.717, 1.165) is 11.3 Å². The smallest absolute Gasteiger partial charge is 0.354 e. The van der Waals surface area contributed by atoms with Crippen molar-refractivity contribution >= 4 is 23.3 Å². The Morgan fingerprint density at radius 1 is 1.41 bits per heavy atom. The monoisotopic (exact) mass is 253 g/mol. The zero-order valence-electron chi connectivity index (χ0n) is 9.49. The Morgan fingerprint density at radius 2 is 2.12 bits per heavy atom. The minimum atomic E-state index is -0.769. The Labute approximate surface area is 104 Å². The molecule has 1 aliphatic heterocycles. The summed E-state index contributed by atoms with van der Waals surface area (Å²) in [6.45, 7) is 1.95. The Hall–Kier alpha value is -1.52. The van der Waals surface area contributed by atoms with Crippen LogP contribution in [0.3, 0.4) is 0 Å². The van der Waals surface area contributed by atoms with Gasteiger partial charge in [-0.1, -0.05) is 29.8 Å². The van der Waals surface area contributed by atoms with Gasteiger partial charge in [0.25, 0.3) is 0 Å². The fourth-order valence-corrected chi connectivity index (χ4v) is 1.74. The van der Waals surface area contributed by atoms with E-state index < -0.39 is 12.3 Å². The summed E-state index contributed by atoms with van der Waals surface area (Å²) in [5.41, 5.74) is 2.34. The summed E-state index contributed by atoms with van der Waals surface area (Å²) >= 11 is 5.87. The van der Waals surface area contributed by atoms with Crippen molar-refractivity contribution in [2.75, 3.05) is 12.4 Å². The molecule has 0 saturated carbocycles. The number of esters is 1. The van der Waals surface area contributed by atoms with Crippen molar-refractivity contribution in [2.24, 2.45) is 0 Å². The first-order valence-corrected chi connectivity index (χ1v) is 5.47. The van der Waals surface area contributed by atoms with Crippen LogP contribution in [-0.2, 0) is 14.3 Å². The molecule has 0 fully saturated rings. The van der Waals surface area contributed by atoms with Crippen LogP contribution in [-0.4, -0.2) is 19.4 Å². The molecule has 0 radical (unpaired) electrons. The lowest BCUT2D eigenvalue weighted by Crippen LogP contribution is -2.18. The number of hydrogen-bond acceptors (Lipinski definition) is 4. The standard InChI is InChI=1S/C12H12ClNO3/c1-7-5-3-4-6-8(7)14-10-9(13)11(15)17-12(10)16-2/h3-6,12,14H,1-2H3/t12-/m0/s1. The van der Waals surface area contributed by atoms with E-state index in [1.807, 2.05) is 31.2 Å². The van der Waals surface area contributed by atoms with Gasteiger partial charge in [0, 0.05) is 12.8 Å². The zero-order valence-corrected chi connectivity index (χ0v) is 10.2. The van der Waals surface area contributed by atoms with Crippen LogP contribution in [0, 0.1) is 6.92 Å². The maximum Gasteiger partial charge on any atom is 0.354 e. The Bertz CT molecular complexity index is 484. The maximum atomic E-state index is 11.3. The predicted octanol–water partition coefficient (Wildman–Crippen LogP) is 2.39. The van der Waals surface area contributed by atoms with E-state index in [9.17, 15) is 4.79 Å². The van der Waals surface area contributed by atoms with Gasteiger partial charge in [-0.05, 0) is 18.6 Å². The van der Waals surface area contributed by atoms with Gasteiger partial charge in [0.1, 0.15) is 5.70 Å². The fraction of sp³-hybridized carbons (Fsp3) is 0.250. The van der Waals surface area contributed by atoms with Gasteiger partial charge in [0.15, 0.2) is 5.03 Å². The maximum absolute atomic E-state index is 11.3. The third-order valence-electron chi connectivity index (χ3n) is 2.49. The van der Waals surface area contributed by atoms with Crippen LogP contribution in [0.15, 0.2) is 35.0 Å². The second-order valence-electron chi connectivity index (χ2n) is 3.64. The fourth-order valence-electron chi connectivity index (χ4n) is 1.56. The van der Waals surface area contributed by atoms with E-state index in [1.54, 1.807) is 0 Å². The minimum absolute atomic E-state index is 0.0279. The highest BCUT2D eigenvalue weighted by atomic mass is 35.5. The number of hydrogen-bond donors (Lipinski definition) is 1. The number of anilines is 1. The van der Waals surface area contributed by atoms with Crippen LogP contribution < -0.4 is 5.32 Å². The molecule has 4 nitrogen and oxygen atoms in total. The third kappa shape index (κ3) is 2.28. The lowest BCUT2D eigenvalue weighted by molar-refractivity contribution is -0.155. The van der Waals surface area contributed by atoms with Gasteiger partial charge in [0.2, 0.25) is 6.29 Å². The lowest BCUT2D eigenvalue weighted by Gasteiger charge is -2.15. The van der Waals surface area contributed by atoms with Crippen LogP contribution in [0.2, 0.25) is 0 Å². The molecular weight excluding hydrogens is 242 g/mol. The molecule has 1 aliphatic rings. The summed E-state index contributed by atoms with van der Waals surface area (Å²) in [5, 5.41) is 3.10. The summed E-state index contributed by atoms with van der Waals surface area (Å²) in [7, 11) is 1.45. The second-order valence-corrected chi connectivity index (χ2v) is 4.02. The highest BCUT2D eigenvalue weighted by molar-refractivity contribution is 6.42. The van der Waals surface area contributed by atoms with Crippen molar-refractivity contribution in [3.05, 3.63) is 40.6 Å². The third-order valence-corrected chi connectivity index (χ3v) is 2.85. The molecule has 0 aromatic heterocycles. The SMILES string of the molecule is CO[C@H]1OC(=O)C(Cl)=C1Nc1ccccc1C. The summed E-state index contributed by atoms with van der Waals surface area (Å²) in [6, 6.07) is 7.67. The van der Waals surface area contributed by atoms with Crippen molar-refractivity contribution < 1.29 is 14.3 Å². The van der Waals surface area contributed by atoms with Crippen LogP contribution in [0.5, 0.6) is 0 Å². The van der Waals surface area contributed by atoms with Gasteiger partial charge in [-0.2, -0.15) is 0 Å². The molecule has 1 heterocycles. The molecular formula is C12H12ClNO3. The normalized spacial score (nSPS) is 19.5. The summed E-state index contributed by atoms with van der Waals surface area (Å²) < 4.78 is 9.95. The van der Waals surface area contributed by atoms with Gasteiger partial charge in [0.05, 0.1) is 0 Å². The number of halogens is 1. The van der Waals surface area contributed by atoms with Crippen molar-refractivity contribution in [1.29, 1.82) is 0 Å². The number of cyclic esters (lactones) is 1. The number of carbonyl (C=O) groups is 1. The number of methoxy groups -OCH3 is 1. The number of ether oxygens (including phenoxy) is 2. The number of carbonyl (C=O) groups excluding carboxylic acids is 1. The van der Waals surface area contributed by atoms with Crippen LogP contribution in [0.1, 0.15) is 5.56 Å². The van der Waals surface area contributed by atoms with Gasteiger partial charge >= 0.3 is 5.97 Å². The van der Waals surface area contributed by atoms with E-state index in [-0.39, 0.29) is 5.03 Å². The van der Waals surface area contributed by atoms with Crippen molar-refractivity contribution in [3.8, 4) is 0 Å². The van der Waals surface area contributed by atoms with Gasteiger partial charge in [-0.25, -0.2) is 4.79 Å². The van der Waals surface area contributed by atoms with Crippen molar-refractivity contribution in [3.63, 3.8) is 0 Å². The zero-order chi connectivity index (χ0) is 12.4. The van der Waals surface area contributed by atoms with Gasteiger partial charge in [-0.15, -0.1) is 0 Å². The number of aryl methyl sites for hydroxylation is 1. The molecule has 1 N–H and O–H groups in total. The molecule has 1 atom stereocenters. The first-order chi connectivity index (χ1) is 8.13. The molecule has 0 amide bonds. The van der Waals surface area contributed by atoms with E-state index >= 15 is 0 Å². The summed E-state index contributed by atoms with van der Waals surface area (Å²) in [6.07, 6.45) is -0.769. The molecule has 0 saturated heterocycles. The topological polar surface area (TPSA) is 47.6 Å². The highest BCUT2D eigenvalue weighted by Crippen LogP contribution is 2.28. The van der Waals surface area contributed by atoms with Gasteiger partial charge < -0.3 is 14.8 Å². The van der Waals surface area contributed by atoms with Gasteiger partial charge in [-0.3, -0.25) is 0 Å². The van der Waals surface area contributed by atoms with E-state index in [1.165, 1.54) is 7.11 Å². The van der Waals surface area contributed by atoms with Crippen molar-refractivity contribution in [1.82, 2.24) is 0 Å². The minimum Gasteiger partial charge on any atom is -0.425 e. The van der Waals surface area contributed by atoms with Crippen LogP contribution >= 0.6 is 11.6 Å². The molecule has 5 heteroatoms. The molecule has 2 rings (SSSR count). The average molecular weight is 254 g/mol. The summed E-state index contributed by atoms with van der Waals surface area (Å²) in [4.78, 5) is 11.3. The van der Waals surface area contributed by atoms with Crippen molar-refractivity contribution in [2.45, 2.75) is 13.2 Å². The lowest BCUT2D eigenvalue weighted by atomic mass is 10.2. The first-order valence-electron chi connectivity index (χ1n) is 5.09. The molecule has 90 valence electrons. The number of para-hydroxylation sites is 1. The average Bonchev–Trinajstić information content (AvgIpc) is 2.59. The predicted molar refractivity (Wildman–Crippen MR) is 64.6 cm³/mol. The van der Waals surface area contributed by atoms with Crippen LogP contribution in [0.25, 0.3) is 0 Å². The highest BCUT2D eigenvalue weighted by Gasteiger charge is 2.33. The Kier molecular flexibility index (Phi) is 3.36. The van der Waals surface area contributed by atoms with E-state index in [2.05, 4.69) is 5.32 Å². The largest absolute Gasteiger partial charge is 0.425 e. The first kappa shape index (κ1) is 12.0. The van der Waals surface area contributed by atoms with E-state index in [4.69, 9.17) is 21.1 Å². The molecule has 1 aromatic carbocycles. The van der Waals surface area contributed by atoms with E-state index in [0.29, 0.717) is 5.70 Å². The quantitative estimate of drug-likeness (QED) is 0.841. The molecule has 0 spiro atoms. The molecule has 1 aromatic rings. The second kappa shape index (κ2) is 4.77. The molecule has 0 unspecified atom stereocenters. The molecule has 0 aliphatic carbocycles.